The van der Waals surface area contributed by atoms with Gasteiger partial charge in [0.15, 0.2) is 0 Å². The van der Waals surface area contributed by atoms with Crippen LogP contribution < -0.4 is 5.73 Å². The number of nitrogens with two attached hydrogens (primary N) is 1. The van der Waals surface area contributed by atoms with Crippen molar-refractivity contribution >= 4 is 22.6 Å². The number of allylic oxidation sites excluding steroid dienone is 4. The third kappa shape index (κ3) is 1.67. The Labute approximate surface area is 66.9 Å². The first-order valence-corrected chi connectivity index (χ1v) is 3.78. The summed E-state index contributed by atoms with van der Waals surface area (Å²) >= 11 is 1.95. The largest absolute Gasteiger partial charge is 0.402 e. The summed E-state index contributed by atoms with van der Waals surface area (Å²) in [4.78, 5) is 0. The van der Waals surface area contributed by atoms with Gasteiger partial charge in [0.1, 0.15) is 5.83 Å². The minimum atomic E-state index is -0.0372. The van der Waals surface area contributed by atoms with Crippen molar-refractivity contribution in [3.8, 4) is 0 Å². The monoisotopic (exact) mass is 239 g/mol. The van der Waals surface area contributed by atoms with Crippen molar-refractivity contribution in [3.05, 3.63) is 21.2 Å². The summed E-state index contributed by atoms with van der Waals surface area (Å²) in [5, 5.41) is 0. The maximum atomic E-state index is 12.5. The van der Waals surface area contributed by atoms with E-state index in [2.05, 4.69) is 0 Å². The van der Waals surface area contributed by atoms with Gasteiger partial charge in [0.2, 0.25) is 0 Å². The molecule has 0 saturated carbocycles. The summed E-state index contributed by atoms with van der Waals surface area (Å²) in [6.45, 7) is 0. The van der Waals surface area contributed by atoms with Crippen LogP contribution in [0.4, 0.5) is 4.39 Å². The van der Waals surface area contributed by atoms with Crippen LogP contribution in [0.1, 0.15) is 12.8 Å². The van der Waals surface area contributed by atoms with Gasteiger partial charge in [-0.15, -0.1) is 0 Å². The fourth-order valence-corrected chi connectivity index (χ4v) is 1.36. The molecule has 0 unspecified atom stereocenters. The minimum absolute atomic E-state index is 0.0372. The number of halogens is 2. The van der Waals surface area contributed by atoms with E-state index in [1.54, 1.807) is 6.08 Å². The Kier molecular flexibility index (Phi) is 2.10. The molecule has 0 atom stereocenters. The topological polar surface area (TPSA) is 26.0 Å². The van der Waals surface area contributed by atoms with Gasteiger partial charge in [-0.2, -0.15) is 0 Å². The van der Waals surface area contributed by atoms with E-state index in [4.69, 9.17) is 5.73 Å². The summed E-state index contributed by atoms with van der Waals surface area (Å²) in [7, 11) is 0. The molecular formula is C6H7FIN. The zero-order valence-corrected chi connectivity index (χ0v) is 6.98. The van der Waals surface area contributed by atoms with Crippen LogP contribution >= 0.6 is 22.6 Å². The molecule has 50 valence electrons. The van der Waals surface area contributed by atoms with Crippen LogP contribution in [-0.4, -0.2) is 0 Å². The van der Waals surface area contributed by atoms with E-state index in [-0.39, 0.29) is 5.83 Å². The van der Waals surface area contributed by atoms with Gasteiger partial charge in [0, 0.05) is 15.7 Å². The molecule has 0 radical (unpaired) electrons. The van der Waals surface area contributed by atoms with E-state index in [9.17, 15) is 4.39 Å². The zero-order chi connectivity index (χ0) is 6.85. The Hall–Kier alpha value is -0.0600. The number of rotatable bonds is 0. The molecule has 0 bridgehead atoms. The molecule has 9 heavy (non-hydrogen) atoms. The molecule has 0 amide bonds. The first kappa shape index (κ1) is 7.05. The van der Waals surface area contributed by atoms with Crippen molar-refractivity contribution in [3.63, 3.8) is 0 Å². The number of hydrogen-bond acceptors (Lipinski definition) is 1. The minimum Gasteiger partial charge on any atom is -0.402 e. The lowest BCUT2D eigenvalue weighted by Crippen LogP contribution is -2.01. The quantitative estimate of drug-likeness (QED) is 0.644. The van der Waals surface area contributed by atoms with Gasteiger partial charge >= 0.3 is 0 Å². The molecule has 1 nitrogen and oxygen atoms in total. The van der Waals surface area contributed by atoms with Crippen LogP contribution in [-0.2, 0) is 0 Å². The molecule has 1 rings (SSSR count). The van der Waals surface area contributed by atoms with Gasteiger partial charge in [-0.1, -0.05) is 0 Å². The Morgan fingerprint density at radius 3 is 2.67 bits per heavy atom. The third-order valence-electron chi connectivity index (χ3n) is 1.20. The molecule has 0 heterocycles. The highest BCUT2D eigenvalue weighted by molar-refractivity contribution is 14.1. The molecule has 1 aliphatic rings. The predicted molar refractivity (Wildman–Crippen MR) is 43.7 cm³/mol. The van der Waals surface area contributed by atoms with Crippen molar-refractivity contribution in [1.29, 1.82) is 0 Å². The molecule has 0 fully saturated rings. The predicted octanol–water partition coefficient (Wildman–Crippen LogP) is 2.24. The molecule has 0 saturated heterocycles. The van der Waals surface area contributed by atoms with Crippen LogP contribution in [0.2, 0.25) is 0 Å². The molecule has 1 aliphatic carbocycles. The molecule has 0 aromatic rings. The second-order valence-corrected chi connectivity index (χ2v) is 3.13. The summed E-state index contributed by atoms with van der Waals surface area (Å²) in [5.41, 5.74) is 6.22. The SMILES string of the molecule is NC1=CC(I)=C(F)CC1. The lowest BCUT2D eigenvalue weighted by Gasteiger charge is -2.06. The average molecular weight is 239 g/mol. The van der Waals surface area contributed by atoms with E-state index in [1.165, 1.54) is 0 Å². The van der Waals surface area contributed by atoms with Crippen molar-refractivity contribution < 1.29 is 4.39 Å². The first-order chi connectivity index (χ1) is 4.20. The average Bonchev–Trinajstić information content (AvgIpc) is 1.80. The van der Waals surface area contributed by atoms with Gasteiger partial charge in [-0.05, 0) is 35.1 Å². The van der Waals surface area contributed by atoms with E-state index in [0.717, 1.165) is 5.70 Å². The Morgan fingerprint density at radius 1 is 1.56 bits per heavy atom. The maximum Gasteiger partial charge on any atom is 0.114 e. The molecule has 3 heteroatoms. The normalized spacial score (nSPS) is 20.0. The van der Waals surface area contributed by atoms with Gasteiger partial charge < -0.3 is 5.73 Å². The van der Waals surface area contributed by atoms with Crippen molar-refractivity contribution in [2.24, 2.45) is 5.73 Å². The van der Waals surface area contributed by atoms with E-state index >= 15 is 0 Å². The van der Waals surface area contributed by atoms with E-state index in [0.29, 0.717) is 16.4 Å². The Bertz CT molecular complexity index is 183. The lowest BCUT2D eigenvalue weighted by atomic mass is 10.1. The van der Waals surface area contributed by atoms with Crippen molar-refractivity contribution in [2.45, 2.75) is 12.8 Å². The van der Waals surface area contributed by atoms with Crippen LogP contribution in [0.25, 0.3) is 0 Å². The maximum absolute atomic E-state index is 12.5. The van der Waals surface area contributed by atoms with Gasteiger partial charge in [0.25, 0.3) is 0 Å². The second kappa shape index (κ2) is 2.68. The summed E-state index contributed by atoms with van der Waals surface area (Å²) in [6.07, 6.45) is 2.82. The molecule has 0 aromatic heterocycles. The molecule has 0 aliphatic heterocycles. The van der Waals surface area contributed by atoms with Crippen LogP contribution in [0.5, 0.6) is 0 Å². The van der Waals surface area contributed by atoms with Gasteiger partial charge in [-0.3, -0.25) is 0 Å². The van der Waals surface area contributed by atoms with Gasteiger partial charge in [-0.25, -0.2) is 4.39 Å². The zero-order valence-electron chi connectivity index (χ0n) is 4.82. The fourth-order valence-electron chi connectivity index (χ4n) is 0.687. The van der Waals surface area contributed by atoms with Crippen molar-refractivity contribution in [1.82, 2.24) is 0 Å². The second-order valence-electron chi connectivity index (χ2n) is 1.97. The molecule has 2 N–H and O–H groups in total. The molecular weight excluding hydrogens is 232 g/mol. The van der Waals surface area contributed by atoms with E-state index in [1.807, 2.05) is 22.6 Å². The number of hydrogen-bond donors (Lipinski definition) is 1. The van der Waals surface area contributed by atoms with Crippen LogP contribution in [0, 0.1) is 0 Å². The highest BCUT2D eigenvalue weighted by Gasteiger charge is 2.07. The highest BCUT2D eigenvalue weighted by Crippen LogP contribution is 2.26. The lowest BCUT2D eigenvalue weighted by molar-refractivity contribution is 0.580. The Morgan fingerprint density at radius 2 is 2.22 bits per heavy atom. The third-order valence-corrected chi connectivity index (χ3v) is 2.10. The molecule has 0 spiro atoms. The first-order valence-electron chi connectivity index (χ1n) is 2.70. The van der Waals surface area contributed by atoms with Crippen molar-refractivity contribution in [2.75, 3.05) is 0 Å². The molecule has 0 aromatic carbocycles. The standard InChI is InChI=1S/C6H7FIN/c7-5-2-1-4(9)3-6(5)8/h3H,1-2,9H2. The highest BCUT2D eigenvalue weighted by atomic mass is 127. The van der Waals surface area contributed by atoms with Gasteiger partial charge in [0.05, 0.1) is 0 Å². The van der Waals surface area contributed by atoms with Crippen LogP contribution in [0.15, 0.2) is 21.2 Å². The summed E-state index contributed by atoms with van der Waals surface area (Å²) in [6, 6.07) is 0. The summed E-state index contributed by atoms with van der Waals surface area (Å²) in [5.74, 6) is -0.0372. The van der Waals surface area contributed by atoms with Crippen LogP contribution in [0.3, 0.4) is 0 Å². The van der Waals surface area contributed by atoms with E-state index < -0.39 is 0 Å². The summed E-state index contributed by atoms with van der Waals surface area (Å²) < 4.78 is 13.2. The smallest absolute Gasteiger partial charge is 0.114 e. The Balaban J connectivity index is 2.83. The fraction of sp³-hybridized carbons (Fsp3) is 0.333.